The number of rotatable bonds is 8. The zero-order chi connectivity index (χ0) is 15.1. The molecule has 0 aromatic carbocycles. The monoisotopic (exact) mass is 282 g/mol. The van der Waals surface area contributed by atoms with Gasteiger partial charge < -0.3 is 16.0 Å². The average molecular weight is 282 g/mol. The van der Waals surface area contributed by atoms with Gasteiger partial charge in [-0.1, -0.05) is 13.3 Å². The number of amides is 1. The normalized spacial score (nSPS) is 10.1. The third-order valence-electron chi connectivity index (χ3n) is 2.60. The predicted octanol–water partition coefficient (Wildman–Crippen LogP) is 0.518. The Balaban J connectivity index is 3.19. The molecule has 0 aliphatic rings. The highest BCUT2D eigenvalue weighted by Gasteiger charge is 2.23. The maximum absolute atomic E-state index is 11.1. The lowest BCUT2D eigenvalue weighted by Gasteiger charge is -2.21. The number of nitrogens with zero attached hydrogens (tertiary/aromatic N) is 4. The molecular weight excluding hydrogens is 264 g/mol. The fourth-order valence-corrected chi connectivity index (χ4v) is 1.65. The van der Waals surface area contributed by atoms with Gasteiger partial charge in [0.2, 0.25) is 17.7 Å². The van der Waals surface area contributed by atoms with E-state index in [2.05, 4.69) is 15.3 Å². The maximum atomic E-state index is 11.1. The van der Waals surface area contributed by atoms with Crippen LogP contribution >= 0.6 is 0 Å². The van der Waals surface area contributed by atoms with Gasteiger partial charge in [-0.3, -0.25) is 14.9 Å². The zero-order valence-corrected chi connectivity index (χ0v) is 11.5. The lowest BCUT2D eigenvalue weighted by molar-refractivity contribution is -0.384. The van der Waals surface area contributed by atoms with Crippen molar-refractivity contribution in [2.75, 3.05) is 30.4 Å². The Morgan fingerprint density at radius 1 is 1.60 bits per heavy atom. The molecule has 0 spiro atoms. The van der Waals surface area contributed by atoms with Crippen LogP contribution in [0.1, 0.15) is 19.8 Å². The summed E-state index contributed by atoms with van der Waals surface area (Å²) in [4.78, 5) is 31.0. The molecule has 1 heterocycles. The van der Waals surface area contributed by atoms with Crippen LogP contribution in [0.4, 0.5) is 17.5 Å². The molecule has 0 fully saturated rings. The molecule has 1 aromatic rings. The summed E-state index contributed by atoms with van der Waals surface area (Å²) in [5.41, 5.74) is 4.94. The van der Waals surface area contributed by atoms with Crippen molar-refractivity contribution in [3.63, 3.8) is 0 Å². The minimum atomic E-state index is -0.575. The van der Waals surface area contributed by atoms with Gasteiger partial charge in [-0.05, 0) is 6.42 Å². The molecule has 0 bridgehead atoms. The van der Waals surface area contributed by atoms with Crippen molar-refractivity contribution in [2.24, 2.45) is 5.73 Å². The van der Waals surface area contributed by atoms with Crippen molar-refractivity contribution in [3.8, 4) is 0 Å². The summed E-state index contributed by atoms with van der Waals surface area (Å²) >= 11 is 0. The van der Waals surface area contributed by atoms with Gasteiger partial charge in [-0.2, -0.15) is 4.98 Å². The lowest BCUT2D eigenvalue weighted by atomic mass is 10.3. The van der Waals surface area contributed by atoms with Gasteiger partial charge >= 0.3 is 5.69 Å². The van der Waals surface area contributed by atoms with Gasteiger partial charge in [-0.15, -0.1) is 0 Å². The van der Waals surface area contributed by atoms with Crippen LogP contribution in [0, 0.1) is 10.1 Å². The number of nitro groups is 1. The van der Waals surface area contributed by atoms with Gasteiger partial charge in [0.05, 0.1) is 11.5 Å². The lowest BCUT2D eigenvalue weighted by Crippen LogP contribution is -2.35. The molecule has 3 N–H and O–H groups in total. The quantitative estimate of drug-likeness (QED) is 0.525. The molecule has 0 aliphatic heterocycles. The fraction of sp³-hybridized carbons (Fsp3) is 0.545. The second kappa shape index (κ2) is 7.22. The van der Waals surface area contributed by atoms with Crippen LogP contribution < -0.4 is 16.0 Å². The van der Waals surface area contributed by atoms with Crippen molar-refractivity contribution >= 4 is 23.4 Å². The van der Waals surface area contributed by atoms with Crippen molar-refractivity contribution < 1.29 is 9.72 Å². The number of nitrogens with two attached hydrogens (primary N) is 1. The third kappa shape index (κ3) is 4.04. The molecule has 1 amide bonds. The smallest absolute Gasteiger partial charge is 0.329 e. The van der Waals surface area contributed by atoms with Crippen LogP contribution in [0.5, 0.6) is 0 Å². The number of anilines is 2. The Morgan fingerprint density at radius 3 is 2.80 bits per heavy atom. The molecular formula is C11H18N6O3. The molecule has 0 aliphatic carbocycles. The molecule has 0 radical (unpaired) electrons. The van der Waals surface area contributed by atoms with Gasteiger partial charge in [-0.25, -0.2) is 4.98 Å². The first-order valence-corrected chi connectivity index (χ1v) is 6.22. The van der Waals surface area contributed by atoms with Crippen LogP contribution in [0.15, 0.2) is 6.20 Å². The largest absolute Gasteiger partial charge is 0.368 e. The number of hydrogen-bond acceptors (Lipinski definition) is 7. The van der Waals surface area contributed by atoms with Crippen LogP contribution in [0.3, 0.4) is 0 Å². The van der Waals surface area contributed by atoms with E-state index in [0.29, 0.717) is 6.54 Å². The van der Waals surface area contributed by atoms with Crippen molar-refractivity contribution in [1.82, 2.24) is 9.97 Å². The average Bonchev–Trinajstić information content (AvgIpc) is 2.42. The number of unbranched alkanes of at least 4 members (excludes halogenated alkanes) is 1. The predicted molar refractivity (Wildman–Crippen MR) is 74.5 cm³/mol. The Kier molecular flexibility index (Phi) is 5.63. The molecule has 20 heavy (non-hydrogen) atoms. The number of carbonyl (C=O) groups is 1. The first-order valence-electron chi connectivity index (χ1n) is 6.22. The third-order valence-corrected chi connectivity index (χ3v) is 2.60. The summed E-state index contributed by atoms with van der Waals surface area (Å²) in [5.74, 6) is -0.224. The first kappa shape index (κ1) is 15.6. The molecule has 110 valence electrons. The number of aromatic nitrogens is 2. The van der Waals surface area contributed by atoms with Crippen LogP contribution in [-0.2, 0) is 4.79 Å². The first-order chi connectivity index (χ1) is 9.49. The number of primary amides is 1. The molecule has 0 saturated carbocycles. The van der Waals surface area contributed by atoms with E-state index in [1.54, 1.807) is 7.05 Å². The Labute approximate surface area is 116 Å². The van der Waals surface area contributed by atoms with Crippen LogP contribution in [0.25, 0.3) is 0 Å². The molecule has 0 saturated heterocycles. The summed E-state index contributed by atoms with van der Waals surface area (Å²) in [6.07, 6.45) is 2.77. The Bertz CT molecular complexity index is 493. The minimum absolute atomic E-state index is 0.0987. The molecule has 0 atom stereocenters. The Hall–Kier alpha value is -2.45. The number of hydrogen-bond donors (Lipinski definition) is 2. The summed E-state index contributed by atoms with van der Waals surface area (Å²) < 4.78 is 0. The zero-order valence-electron chi connectivity index (χ0n) is 11.5. The van der Waals surface area contributed by atoms with E-state index >= 15 is 0 Å². The van der Waals surface area contributed by atoms with Crippen LogP contribution in [-0.4, -0.2) is 40.9 Å². The Morgan fingerprint density at radius 2 is 2.30 bits per heavy atom. The van der Waals surface area contributed by atoms with Crippen LogP contribution in [0.2, 0.25) is 0 Å². The minimum Gasteiger partial charge on any atom is -0.368 e. The van der Waals surface area contributed by atoms with E-state index in [4.69, 9.17) is 5.73 Å². The van der Waals surface area contributed by atoms with Gasteiger partial charge in [0, 0.05) is 13.6 Å². The second-order valence-electron chi connectivity index (χ2n) is 4.15. The molecule has 0 unspecified atom stereocenters. The van der Waals surface area contributed by atoms with Gasteiger partial charge in [0.1, 0.15) is 6.20 Å². The summed E-state index contributed by atoms with van der Waals surface area (Å²) in [7, 11) is 1.61. The number of carbonyl (C=O) groups excluding carboxylic acids is 1. The fourth-order valence-electron chi connectivity index (χ4n) is 1.65. The highest BCUT2D eigenvalue weighted by Crippen LogP contribution is 2.26. The maximum Gasteiger partial charge on any atom is 0.329 e. The molecule has 9 nitrogen and oxygen atoms in total. The van der Waals surface area contributed by atoms with Crippen molar-refractivity contribution in [1.29, 1.82) is 0 Å². The molecule has 9 heteroatoms. The standard InChI is InChI=1S/C11H18N6O3/c1-3-4-5-16(7-9(12)18)10-8(17(19)20)6-14-11(13-2)15-10/h6H,3-5,7H2,1-2H3,(H2,12,18)(H,13,14,15). The second-order valence-corrected chi connectivity index (χ2v) is 4.15. The van der Waals surface area contributed by atoms with Gasteiger partial charge in [0.25, 0.3) is 0 Å². The highest BCUT2D eigenvalue weighted by atomic mass is 16.6. The van der Waals surface area contributed by atoms with Crippen molar-refractivity contribution in [2.45, 2.75) is 19.8 Å². The topological polar surface area (TPSA) is 127 Å². The van der Waals surface area contributed by atoms with E-state index in [9.17, 15) is 14.9 Å². The SMILES string of the molecule is CCCCN(CC(N)=O)c1nc(NC)ncc1[N+](=O)[O-]. The van der Waals surface area contributed by atoms with E-state index < -0.39 is 10.8 Å². The van der Waals surface area contributed by atoms with Crippen molar-refractivity contribution in [3.05, 3.63) is 16.3 Å². The molecule has 1 aromatic heterocycles. The van der Waals surface area contributed by atoms with E-state index in [1.165, 1.54) is 4.90 Å². The van der Waals surface area contributed by atoms with E-state index in [0.717, 1.165) is 19.0 Å². The molecule has 1 rings (SSSR count). The summed E-state index contributed by atoms with van der Waals surface area (Å²) in [6.45, 7) is 2.32. The summed E-state index contributed by atoms with van der Waals surface area (Å²) in [6, 6.07) is 0. The summed E-state index contributed by atoms with van der Waals surface area (Å²) in [5, 5.41) is 13.8. The van der Waals surface area contributed by atoms with E-state index in [1.807, 2.05) is 6.92 Å². The highest BCUT2D eigenvalue weighted by molar-refractivity contribution is 5.80. The van der Waals surface area contributed by atoms with E-state index in [-0.39, 0.29) is 24.0 Å². The van der Waals surface area contributed by atoms with Gasteiger partial charge in [0.15, 0.2) is 0 Å². The number of nitrogens with one attached hydrogen (secondary N) is 1.